The van der Waals surface area contributed by atoms with Crippen molar-refractivity contribution in [1.29, 1.82) is 0 Å². The molecule has 148 valence electrons. The van der Waals surface area contributed by atoms with Crippen LogP contribution in [-0.2, 0) is 17.6 Å². The maximum Gasteiger partial charge on any atom is 0.262 e. The Morgan fingerprint density at radius 1 is 0.966 bits per heavy atom. The molecule has 2 aromatic carbocycles. The van der Waals surface area contributed by atoms with Crippen LogP contribution in [0.1, 0.15) is 11.3 Å². The standard InChI is InChI=1S/C23H22N2O4/c26-23(16-29-20-9-10-21-22(15-20)28-13-12-27-21)25-19-6-3-4-17(14-19)7-8-18-5-1-2-11-24-18/h1-6,9-11,14-15H,7-8,12-13,16H2,(H,25,26). The fraction of sp³-hybridized carbons (Fsp3) is 0.217. The molecule has 1 aromatic heterocycles. The van der Waals surface area contributed by atoms with E-state index < -0.39 is 0 Å². The predicted octanol–water partition coefficient (Wildman–Crippen LogP) is 3.66. The van der Waals surface area contributed by atoms with Crippen molar-refractivity contribution in [2.45, 2.75) is 12.8 Å². The highest BCUT2D eigenvalue weighted by Gasteiger charge is 2.13. The van der Waals surface area contributed by atoms with E-state index in [0.717, 1.165) is 29.8 Å². The molecule has 0 fully saturated rings. The number of fused-ring (bicyclic) bond motifs is 1. The number of aryl methyl sites for hydroxylation is 2. The van der Waals surface area contributed by atoms with Crippen molar-refractivity contribution >= 4 is 11.6 Å². The zero-order chi connectivity index (χ0) is 19.9. The summed E-state index contributed by atoms with van der Waals surface area (Å²) >= 11 is 0. The van der Waals surface area contributed by atoms with Crippen molar-refractivity contribution in [2.24, 2.45) is 0 Å². The van der Waals surface area contributed by atoms with Crippen LogP contribution < -0.4 is 19.5 Å². The highest BCUT2D eigenvalue weighted by atomic mass is 16.6. The summed E-state index contributed by atoms with van der Waals surface area (Å²) in [6.07, 6.45) is 3.51. The highest BCUT2D eigenvalue weighted by molar-refractivity contribution is 5.91. The zero-order valence-corrected chi connectivity index (χ0v) is 16.0. The van der Waals surface area contributed by atoms with Gasteiger partial charge in [0.25, 0.3) is 5.91 Å². The van der Waals surface area contributed by atoms with Crippen LogP contribution in [0.25, 0.3) is 0 Å². The molecule has 0 saturated carbocycles. The summed E-state index contributed by atoms with van der Waals surface area (Å²) in [6, 6.07) is 19.0. The molecule has 29 heavy (non-hydrogen) atoms. The van der Waals surface area contributed by atoms with E-state index >= 15 is 0 Å². The van der Waals surface area contributed by atoms with Crippen LogP contribution >= 0.6 is 0 Å². The Balaban J connectivity index is 1.29. The van der Waals surface area contributed by atoms with E-state index in [9.17, 15) is 4.79 Å². The average Bonchev–Trinajstić information content (AvgIpc) is 2.77. The Morgan fingerprint density at radius 2 is 1.86 bits per heavy atom. The maximum atomic E-state index is 12.3. The van der Waals surface area contributed by atoms with Crippen LogP contribution in [0.15, 0.2) is 66.9 Å². The number of hydrogen-bond acceptors (Lipinski definition) is 5. The van der Waals surface area contributed by atoms with Gasteiger partial charge >= 0.3 is 0 Å². The maximum absolute atomic E-state index is 12.3. The zero-order valence-electron chi connectivity index (χ0n) is 16.0. The number of carbonyl (C=O) groups is 1. The molecule has 0 spiro atoms. The first-order chi connectivity index (χ1) is 14.3. The molecule has 0 radical (unpaired) electrons. The summed E-state index contributed by atoms with van der Waals surface area (Å²) < 4.78 is 16.6. The number of ether oxygens (including phenoxy) is 3. The number of rotatable bonds is 7. The second-order valence-corrected chi connectivity index (χ2v) is 6.66. The third kappa shape index (κ3) is 5.25. The number of anilines is 1. The Morgan fingerprint density at radius 3 is 2.72 bits per heavy atom. The molecule has 1 N–H and O–H groups in total. The molecular weight excluding hydrogens is 368 g/mol. The second-order valence-electron chi connectivity index (χ2n) is 6.66. The minimum Gasteiger partial charge on any atom is -0.486 e. The number of benzene rings is 2. The van der Waals surface area contributed by atoms with Gasteiger partial charge in [-0.15, -0.1) is 0 Å². The number of nitrogens with one attached hydrogen (secondary N) is 1. The largest absolute Gasteiger partial charge is 0.486 e. The first-order valence-corrected chi connectivity index (χ1v) is 9.57. The summed E-state index contributed by atoms with van der Waals surface area (Å²) in [4.78, 5) is 16.6. The van der Waals surface area contributed by atoms with Gasteiger partial charge < -0.3 is 19.5 Å². The number of pyridine rings is 1. The molecule has 1 aliphatic rings. The van der Waals surface area contributed by atoms with E-state index in [1.807, 2.05) is 42.5 Å². The van der Waals surface area contributed by atoms with Gasteiger partial charge in [0, 0.05) is 23.6 Å². The first kappa shape index (κ1) is 18.8. The number of carbonyl (C=O) groups excluding carboxylic acids is 1. The van der Waals surface area contributed by atoms with Crippen LogP contribution in [0.2, 0.25) is 0 Å². The minimum absolute atomic E-state index is 0.0855. The fourth-order valence-electron chi connectivity index (χ4n) is 3.08. The monoisotopic (exact) mass is 390 g/mol. The number of amides is 1. The average molecular weight is 390 g/mol. The van der Waals surface area contributed by atoms with Gasteiger partial charge in [0.2, 0.25) is 0 Å². The van der Waals surface area contributed by atoms with E-state index in [1.54, 1.807) is 24.4 Å². The van der Waals surface area contributed by atoms with Gasteiger partial charge in [-0.05, 0) is 54.8 Å². The van der Waals surface area contributed by atoms with E-state index in [0.29, 0.717) is 30.5 Å². The van der Waals surface area contributed by atoms with Gasteiger partial charge in [0.15, 0.2) is 18.1 Å². The van der Waals surface area contributed by atoms with Crippen molar-refractivity contribution in [2.75, 3.05) is 25.1 Å². The Hall–Kier alpha value is -3.54. The van der Waals surface area contributed by atoms with Crippen LogP contribution in [-0.4, -0.2) is 30.7 Å². The lowest BCUT2D eigenvalue weighted by molar-refractivity contribution is -0.118. The summed E-state index contributed by atoms with van der Waals surface area (Å²) in [6.45, 7) is 0.960. The molecule has 0 unspecified atom stereocenters. The predicted molar refractivity (Wildman–Crippen MR) is 110 cm³/mol. The molecule has 6 heteroatoms. The van der Waals surface area contributed by atoms with Gasteiger partial charge in [-0.25, -0.2) is 0 Å². The van der Waals surface area contributed by atoms with Gasteiger partial charge in [0.05, 0.1) is 0 Å². The third-order valence-corrected chi connectivity index (χ3v) is 4.49. The smallest absolute Gasteiger partial charge is 0.262 e. The molecule has 0 aliphatic carbocycles. The van der Waals surface area contributed by atoms with E-state index in [4.69, 9.17) is 14.2 Å². The topological polar surface area (TPSA) is 69.7 Å². The van der Waals surface area contributed by atoms with Crippen molar-refractivity contribution in [3.05, 3.63) is 78.1 Å². The summed E-state index contributed by atoms with van der Waals surface area (Å²) in [5.74, 6) is 1.67. The number of nitrogens with zero attached hydrogens (tertiary/aromatic N) is 1. The van der Waals surface area contributed by atoms with Gasteiger partial charge in [0.1, 0.15) is 19.0 Å². The van der Waals surface area contributed by atoms with Crippen molar-refractivity contribution in [1.82, 2.24) is 4.98 Å². The lowest BCUT2D eigenvalue weighted by Gasteiger charge is -2.18. The normalized spacial score (nSPS) is 12.3. The highest BCUT2D eigenvalue weighted by Crippen LogP contribution is 2.33. The van der Waals surface area contributed by atoms with Crippen LogP contribution in [0.4, 0.5) is 5.69 Å². The summed E-state index contributed by atoms with van der Waals surface area (Å²) in [7, 11) is 0. The molecule has 6 nitrogen and oxygen atoms in total. The van der Waals surface area contributed by atoms with Crippen molar-refractivity contribution < 1.29 is 19.0 Å². The SMILES string of the molecule is O=C(COc1ccc2c(c1)OCCO2)Nc1cccc(CCc2ccccn2)c1. The lowest BCUT2D eigenvalue weighted by Crippen LogP contribution is -2.20. The number of hydrogen-bond donors (Lipinski definition) is 1. The quantitative estimate of drug-likeness (QED) is 0.667. The Kier molecular flexibility index (Phi) is 5.90. The molecular formula is C23H22N2O4. The second kappa shape index (κ2) is 9.10. The van der Waals surface area contributed by atoms with Crippen LogP contribution in [0.3, 0.4) is 0 Å². The molecule has 0 atom stereocenters. The Labute approximate surface area is 169 Å². The van der Waals surface area contributed by atoms with Crippen molar-refractivity contribution in [3.8, 4) is 17.2 Å². The van der Waals surface area contributed by atoms with Crippen LogP contribution in [0, 0.1) is 0 Å². The van der Waals surface area contributed by atoms with Gasteiger partial charge in [-0.3, -0.25) is 9.78 Å². The third-order valence-electron chi connectivity index (χ3n) is 4.49. The first-order valence-electron chi connectivity index (χ1n) is 9.57. The molecule has 2 heterocycles. The molecule has 1 amide bonds. The van der Waals surface area contributed by atoms with E-state index in [-0.39, 0.29) is 12.5 Å². The van der Waals surface area contributed by atoms with Crippen LogP contribution in [0.5, 0.6) is 17.2 Å². The van der Waals surface area contributed by atoms with Gasteiger partial charge in [-0.1, -0.05) is 18.2 Å². The number of aromatic nitrogens is 1. The summed E-state index contributed by atoms with van der Waals surface area (Å²) in [5.41, 5.74) is 2.94. The van der Waals surface area contributed by atoms with E-state index in [2.05, 4.69) is 10.3 Å². The molecule has 1 aliphatic heterocycles. The van der Waals surface area contributed by atoms with Crippen molar-refractivity contribution in [3.63, 3.8) is 0 Å². The molecule has 4 rings (SSSR count). The minimum atomic E-state index is -0.221. The fourth-order valence-corrected chi connectivity index (χ4v) is 3.08. The van der Waals surface area contributed by atoms with Gasteiger partial charge in [-0.2, -0.15) is 0 Å². The molecule has 3 aromatic rings. The summed E-state index contributed by atoms with van der Waals surface area (Å²) in [5, 5.41) is 2.88. The molecule has 0 saturated heterocycles. The Bertz CT molecular complexity index is 976. The van der Waals surface area contributed by atoms with E-state index in [1.165, 1.54) is 0 Å². The molecule has 0 bridgehead atoms. The lowest BCUT2D eigenvalue weighted by atomic mass is 10.1.